The zero-order chi connectivity index (χ0) is 23.0. The molecule has 0 bridgehead atoms. The summed E-state index contributed by atoms with van der Waals surface area (Å²) in [5, 5.41) is 3.72. The highest BCUT2D eigenvalue weighted by Crippen LogP contribution is 2.26. The Bertz CT molecular complexity index is 1540. The SMILES string of the molecule is O=C(NNC(=O)c1c[nH]c2ccccc12)c1ccc(NC2=NS(=O)(=O)c3ccccc32)cc1. The topological polar surface area (TPSA) is 133 Å². The number of sulfonamides is 1. The van der Waals surface area contributed by atoms with Gasteiger partial charge < -0.3 is 10.3 Å². The second kappa shape index (κ2) is 7.92. The van der Waals surface area contributed by atoms with Gasteiger partial charge in [0.15, 0.2) is 5.84 Å². The molecule has 2 amide bonds. The average Bonchev–Trinajstić information content (AvgIpc) is 3.37. The third kappa shape index (κ3) is 3.83. The number of amides is 2. The minimum Gasteiger partial charge on any atom is -0.360 e. The number of H-pyrrole nitrogens is 1. The van der Waals surface area contributed by atoms with E-state index in [4.69, 9.17) is 0 Å². The van der Waals surface area contributed by atoms with Crippen molar-refractivity contribution in [3.8, 4) is 0 Å². The van der Waals surface area contributed by atoms with Crippen LogP contribution < -0.4 is 16.2 Å². The molecule has 5 rings (SSSR count). The molecule has 0 saturated heterocycles. The van der Waals surface area contributed by atoms with Crippen molar-refractivity contribution in [2.45, 2.75) is 4.90 Å². The number of carbonyl (C=O) groups excluding carboxylic acids is 2. The molecule has 9 nitrogen and oxygen atoms in total. The van der Waals surface area contributed by atoms with E-state index in [1.165, 1.54) is 6.07 Å². The highest BCUT2D eigenvalue weighted by atomic mass is 32.2. The number of carbonyl (C=O) groups is 2. The van der Waals surface area contributed by atoms with E-state index in [0.717, 1.165) is 10.9 Å². The fraction of sp³-hybridized carbons (Fsp3) is 0. The van der Waals surface area contributed by atoms with E-state index in [-0.39, 0.29) is 10.7 Å². The summed E-state index contributed by atoms with van der Waals surface area (Å²) in [6, 6.07) is 20.2. The van der Waals surface area contributed by atoms with Crippen molar-refractivity contribution >= 4 is 44.3 Å². The Morgan fingerprint density at radius 2 is 1.52 bits per heavy atom. The number of hydrazine groups is 1. The van der Waals surface area contributed by atoms with Gasteiger partial charge in [-0.1, -0.05) is 30.3 Å². The van der Waals surface area contributed by atoms with E-state index >= 15 is 0 Å². The lowest BCUT2D eigenvalue weighted by atomic mass is 10.1. The van der Waals surface area contributed by atoms with E-state index in [9.17, 15) is 18.0 Å². The maximum absolute atomic E-state index is 12.4. The molecule has 0 spiro atoms. The van der Waals surface area contributed by atoms with Gasteiger partial charge in [0.2, 0.25) is 0 Å². The van der Waals surface area contributed by atoms with Crippen molar-refractivity contribution in [3.05, 3.63) is 95.7 Å². The Morgan fingerprint density at radius 3 is 2.33 bits per heavy atom. The fourth-order valence-corrected chi connectivity index (χ4v) is 4.73. The highest BCUT2D eigenvalue weighted by Gasteiger charge is 2.28. The van der Waals surface area contributed by atoms with Crippen LogP contribution in [0.1, 0.15) is 26.3 Å². The molecular formula is C23H17N5O4S. The summed E-state index contributed by atoms with van der Waals surface area (Å²) in [4.78, 5) is 28.0. The van der Waals surface area contributed by atoms with Gasteiger partial charge in [0.05, 0.1) is 5.56 Å². The van der Waals surface area contributed by atoms with Crippen molar-refractivity contribution in [1.82, 2.24) is 15.8 Å². The largest absolute Gasteiger partial charge is 0.360 e. The quantitative estimate of drug-likeness (QED) is 0.350. The number of rotatable bonds is 3. The Hall–Kier alpha value is -4.44. The van der Waals surface area contributed by atoms with Crippen molar-refractivity contribution in [2.75, 3.05) is 5.32 Å². The van der Waals surface area contributed by atoms with Gasteiger partial charge in [0, 0.05) is 33.9 Å². The van der Waals surface area contributed by atoms with E-state index in [1.807, 2.05) is 24.3 Å². The van der Waals surface area contributed by atoms with Crippen LogP contribution in [0.3, 0.4) is 0 Å². The Balaban J connectivity index is 1.24. The van der Waals surface area contributed by atoms with Gasteiger partial charge in [-0.15, -0.1) is 4.40 Å². The van der Waals surface area contributed by atoms with Crippen LogP contribution in [0.4, 0.5) is 5.69 Å². The first-order chi connectivity index (χ1) is 15.9. The van der Waals surface area contributed by atoms with E-state index in [1.54, 1.807) is 48.7 Å². The van der Waals surface area contributed by atoms with Crippen molar-refractivity contribution < 1.29 is 18.0 Å². The molecular weight excluding hydrogens is 442 g/mol. The van der Waals surface area contributed by atoms with Crippen molar-refractivity contribution in [2.24, 2.45) is 4.40 Å². The summed E-state index contributed by atoms with van der Waals surface area (Å²) >= 11 is 0. The van der Waals surface area contributed by atoms with Crippen LogP contribution in [-0.4, -0.2) is 31.1 Å². The summed E-state index contributed by atoms with van der Waals surface area (Å²) in [5.41, 5.74) is 7.38. The van der Waals surface area contributed by atoms with Gasteiger partial charge in [-0.2, -0.15) is 8.42 Å². The van der Waals surface area contributed by atoms with Crippen LogP contribution in [0.5, 0.6) is 0 Å². The standard InChI is InChI=1S/C23H17N5O4S/c29-22(26-27-23(30)18-13-24-19-7-3-1-5-16(18)19)14-9-11-15(12-10-14)25-21-17-6-2-4-8-20(17)33(31,32)28-21/h1-13,24H,(H,25,28)(H,26,29)(H,27,30). The second-order valence-corrected chi connectivity index (χ2v) is 8.84. The van der Waals surface area contributed by atoms with E-state index in [2.05, 4.69) is 25.6 Å². The molecule has 0 fully saturated rings. The fourth-order valence-electron chi connectivity index (χ4n) is 3.55. The number of nitrogens with one attached hydrogen (secondary N) is 4. The molecule has 4 N–H and O–H groups in total. The van der Waals surface area contributed by atoms with Gasteiger partial charge in [-0.3, -0.25) is 20.4 Å². The predicted molar refractivity (Wildman–Crippen MR) is 123 cm³/mol. The zero-order valence-corrected chi connectivity index (χ0v) is 17.8. The van der Waals surface area contributed by atoms with Gasteiger partial charge >= 0.3 is 0 Å². The minimum atomic E-state index is -3.73. The average molecular weight is 459 g/mol. The second-order valence-electron chi connectivity index (χ2n) is 7.27. The molecule has 0 atom stereocenters. The lowest BCUT2D eigenvalue weighted by Crippen LogP contribution is -2.41. The maximum atomic E-state index is 12.4. The lowest BCUT2D eigenvalue weighted by molar-refractivity contribution is 0.0847. The smallest absolute Gasteiger partial charge is 0.285 e. The van der Waals surface area contributed by atoms with Crippen LogP contribution in [-0.2, 0) is 10.0 Å². The van der Waals surface area contributed by atoms with E-state index in [0.29, 0.717) is 22.4 Å². The maximum Gasteiger partial charge on any atom is 0.285 e. The molecule has 4 aromatic rings. The molecule has 0 radical (unpaired) electrons. The number of benzene rings is 3. The molecule has 0 aliphatic carbocycles. The third-order valence-electron chi connectivity index (χ3n) is 5.16. The third-order valence-corrected chi connectivity index (χ3v) is 6.50. The molecule has 33 heavy (non-hydrogen) atoms. The molecule has 164 valence electrons. The first-order valence-electron chi connectivity index (χ1n) is 9.91. The zero-order valence-electron chi connectivity index (χ0n) is 17.0. The van der Waals surface area contributed by atoms with Gasteiger partial charge in [-0.05, 0) is 42.5 Å². The summed E-state index contributed by atoms with van der Waals surface area (Å²) in [7, 11) is -3.73. The van der Waals surface area contributed by atoms with Crippen molar-refractivity contribution in [1.29, 1.82) is 0 Å². The number of nitrogens with zero attached hydrogens (tertiary/aromatic N) is 1. The van der Waals surface area contributed by atoms with Crippen LogP contribution in [0, 0.1) is 0 Å². The highest BCUT2D eigenvalue weighted by molar-refractivity contribution is 7.90. The van der Waals surface area contributed by atoms with E-state index < -0.39 is 21.8 Å². The van der Waals surface area contributed by atoms with Gasteiger partial charge in [-0.25, -0.2) is 0 Å². The molecule has 10 heteroatoms. The predicted octanol–water partition coefficient (Wildman–Crippen LogP) is 2.80. The summed E-state index contributed by atoms with van der Waals surface area (Å²) in [6.07, 6.45) is 1.58. The van der Waals surface area contributed by atoms with Crippen LogP contribution in [0.25, 0.3) is 10.9 Å². The number of para-hydroxylation sites is 1. The number of hydrogen-bond acceptors (Lipinski definition) is 5. The van der Waals surface area contributed by atoms with Gasteiger partial charge in [0.1, 0.15) is 4.90 Å². The summed E-state index contributed by atoms with van der Waals surface area (Å²) < 4.78 is 28.1. The normalized spacial score (nSPS) is 13.8. The Kier molecular flexibility index (Phi) is 4.91. The molecule has 2 heterocycles. The first-order valence-corrected chi connectivity index (χ1v) is 11.3. The molecule has 1 aliphatic rings. The summed E-state index contributed by atoms with van der Waals surface area (Å²) in [5.74, 6) is -0.729. The number of hydrogen-bond donors (Lipinski definition) is 4. The molecule has 0 unspecified atom stereocenters. The Labute approximate surface area is 188 Å². The van der Waals surface area contributed by atoms with Gasteiger partial charge in [0.25, 0.3) is 21.8 Å². The number of amidine groups is 1. The summed E-state index contributed by atoms with van der Waals surface area (Å²) in [6.45, 7) is 0. The molecule has 0 saturated carbocycles. The first kappa shape index (κ1) is 20.5. The number of anilines is 1. The number of fused-ring (bicyclic) bond motifs is 2. The van der Waals surface area contributed by atoms with Crippen LogP contribution >= 0.6 is 0 Å². The Morgan fingerprint density at radius 1 is 0.818 bits per heavy atom. The number of aromatic nitrogens is 1. The monoisotopic (exact) mass is 459 g/mol. The van der Waals surface area contributed by atoms with Crippen molar-refractivity contribution in [3.63, 3.8) is 0 Å². The molecule has 1 aromatic heterocycles. The lowest BCUT2D eigenvalue weighted by Gasteiger charge is -2.09. The molecule has 3 aromatic carbocycles. The van der Waals surface area contributed by atoms with Crippen LogP contribution in [0.2, 0.25) is 0 Å². The number of aromatic amines is 1. The minimum absolute atomic E-state index is 0.148. The molecule has 1 aliphatic heterocycles. The van der Waals surface area contributed by atoms with Crippen LogP contribution in [0.15, 0.2) is 88.3 Å².